The highest BCUT2D eigenvalue weighted by atomic mass is 31.1. The molecule has 0 amide bonds. The lowest BCUT2D eigenvalue weighted by Gasteiger charge is -2.33. The van der Waals surface area contributed by atoms with Crippen LogP contribution in [0.3, 0.4) is 0 Å². The summed E-state index contributed by atoms with van der Waals surface area (Å²) in [6, 6.07) is 43.7. The van der Waals surface area contributed by atoms with Crippen LogP contribution in [0.25, 0.3) is 11.1 Å². The van der Waals surface area contributed by atoms with Gasteiger partial charge in [0.1, 0.15) is 0 Å². The molecule has 5 aromatic rings. The Kier molecular flexibility index (Phi) is 7.68. The van der Waals surface area contributed by atoms with Crippen LogP contribution in [0.2, 0.25) is 0 Å². The van der Waals surface area contributed by atoms with E-state index in [1.54, 1.807) is 14.2 Å². The Morgan fingerprint density at radius 2 is 1.18 bits per heavy atom. The first-order chi connectivity index (χ1) is 19.7. The van der Waals surface area contributed by atoms with E-state index in [1.807, 2.05) is 0 Å². The number of ether oxygens (including phenoxy) is 2. The van der Waals surface area contributed by atoms with Crippen molar-refractivity contribution in [3.05, 3.63) is 138 Å². The van der Waals surface area contributed by atoms with Crippen LogP contribution in [0.5, 0.6) is 11.5 Å². The SMILES string of the molecule is COc1cc2c(cc1OC)C(N)C(c1ccccc1-c1ccc(P(c3ccccc3)c3ccccc3)cc1)CC2. The maximum Gasteiger partial charge on any atom is 0.161 e. The van der Waals surface area contributed by atoms with Gasteiger partial charge in [0.25, 0.3) is 0 Å². The smallest absolute Gasteiger partial charge is 0.161 e. The van der Waals surface area contributed by atoms with E-state index in [-0.39, 0.29) is 12.0 Å². The van der Waals surface area contributed by atoms with E-state index in [1.165, 1.54) is 38.2 Å². The van der Waals surface area contributed by atoms with Gasteiger partial charge in [-0.25, -0.2) is 0 Å². The van der Waals surface area contributed by atoms with Crippen LogP contribution in [-0.2, 0) is 6.42 Å². The Morgan fingerprint density at radius 1 is 0.625 bits per heavy atom. The number of hydrogen-bond acceptors (Lipinski definition) is 3. The second-order valence-electron chi connectivity index (χ2n) is 10.2. The molecule has 3 nitrogen and oxygen atoms in total. The van der Waals surface area contributed by atoms with E-state index in [2.05, 4.69) is 121 Å². The lowest BCUT2D eigenvalue weighted by atomic mass is 9.74. The number of fused-ring (bicyclic) bond motifs is 1. The fraction of sp³-hybridized carbons (Fsp3) is 0.167. The Labute approximate surface area is 238 Å². The topological polar surface area (TPSA) is 44.5 Å². The molecule has 0 radical (unpaired) electrons. The van der Waals surface area contributed by atoms with Gasteiger partial charge in [0, 0.05) is 12.0 Å². The zero-order valence-electron chi connectivity index (χ0n) is 23.0. The van der Waals surface area contributed by atoms with Gasteiger partial charge in [-0.2, -0.15) is 0 Å². The van der Waals surface area contributed by atoms with Gasteiger partial charge < -0.3 is 15.2 Å². The molecular formula is C36H34NO2P. The zero-order valence-corrected chi connectivity index (χ0v) is 23.9. The van der Waals surface area contributed by atoms with Crippen molar-refractivity contribution in [3.8, 4) is 22.6 Å². The number of methoxy groups -OCH3 is 2. The van der Waals surface area contributed by atoms with E-state index in [4.69, 9.17) is 15.2 Å². The molecule has 4 heteroatoms. The molecule has 0 aliphatic heterocycles. The predicted octanol–water partition coefficient (Wildman–Crippen LogP) is 6.86. The third-order valence-electron chi connectivity index (χ3n) is 7.99. The second-order valence-corrected chi connectivity index (χ2v) is 12.4. The fourth-order valence-electron chi connectivity index (χ4n) is 5.99. The maximum absolute atomic E-state index is 6.98. The van der Waals surface area contributed by atoms with Crippen molar-refractivity contribution in [2.75, 3.05) is 14.2 Å². The quantitative estimate of drug-likeness (QED) is 0.228. The van der Waals surface area contributed by atoms with Gasteiger partial charge in [0.2, 0.25) is 0 Å². The number of benzene rings is 5. The van der Waals surface area contributed by atoms with Gasteiger partial charge in [0.15, 0.2) is 11.5 Å². The first-order valence-corrected chi connectivity index (χ1v) is 15.1. The summed E-state index contributed by atoms with van der Waals surface area (Å²) in [5.74, 6) is 1.71. The third-order valence-corrected chi connectivity index (χ3v) is 10.4. The van der Waals surface area contributed by atoms with Gasteiger partial charge in [-0.1, -0.05) is 109 Å². The van der Waals surface area contributed by atoms with Crippen molar-refractivity contribution in [1.82, 2.24) is 0 Å². The van der Waals surface area contributed by atoms with E-state index >= 15 is 0 Å². The molecule has 0 fully saturated rings. The molecule has 1 aliphatic carbocycles. The third kappa shape index (κ3) is 5.04. The molecule has 2 N–H and O–H groups in total. The van der Waals surface area contributed by atoms with Crippen LogP contribution >= 0.6 is 7.92 Å². The first kappa shape index (κ1) is 26.3. The summed E-state index contributed by atoms with van der Waals surface area (Å²) in [5.41, 5.74) is 13.2. The van der Waals surface area contributed by atoms with Crippen LogP contribution in [-0.4, -0.2) is 14.2 Å². The molecule has 0 bridgehead atoms. The maximum atomic E-state index is 6.98. The molecule has 0 saturated heterocycles. The van der Waals surface area contributed by atoms with Crippen LogP contribution < -0.4 is 31.1 Å². The summed E-state index contributed by atoms with van der Waals surface area (Å²) in [5, 5.41) is 4.06. The summed E-state index contributed by atoms with van der Waals surface area (Å²) in [4.78, 5) is 0. The number of rotatable bonds is 7. The highest BCUT2D eigenvalue weighted by Gasteiger charge is 2.31. The molecule has 2 atom stereocenters. The Bertz CT molecular complexity index is 1550. The van der Waals surface area contributed by atoms with Crippen molar-refractivity contribution < 1.29 is 9.47 Å². The summed E-state index contributed by atoms with van der Waals surface area (Å²) in [6.45, 7) is 0. The van der Waals surface area contributed by atoms with Crippen molar-refractivity contribution in [1.29, 1.82) is 0 Å². The molecule has 40 heavy (non-hydrogen) atoms. The number of aryl methyl sites for hydroxylation is 1. The molecule has 0 aromatic heterocycles. The zero-order chi connectivity index (χ0) is 27.5. The Morgan fingerprint density at radius 3 is 1.80 bits per heavy atom. The highest BCUT2D eigenvalue weighted by molar-refractivity contribution is 7.79. The largest absolute Gasteiger partial charge is 0.493 e. The summed E-state index contributed by atoms with van der Waals surface area (Å²) >= 11 is 0. The Hall–Kier alpha value is -3.91. The number of hydrogen-bond donors (Lipinski definition) is 1. The molecule has 0 spiro atoms. The van der Waals surface area contributed by atoms with Gasteiger partial charge in [0.05, 0.1) is 14.2 Å². The van der Waals surface area contributed by atoms with Crippen molar-refractivity contribution >= 4 is 23.8 Å². The first-order valence-electron chi connectivity index (χ1n) is 13.8. The van der Waals surface area contributed by atoms with E-state index in [9.17, 15) is 0 Å². The summed E-state index contributed by atoms with van der Waals surface area (Å²) in [7, 11) is 2.72. The minimum atomic E-state index is -0.635. The number of nitrogens with two attached hydrogens (primary N) is 1. The molecule has 0 heterocycles. The van der Waals surface area contributed by atoms with Crippen LogP contribution in [0.1, 0.15) is 35.1 Å². The molecule has 2 unspecified atom stereocenters. The van der Waals surface area contributed by atoms with Crippen molar-refractivity contribution in [3.63, 3.8) is 0 Å². The minimum absolute atomic E-state index is 0.118. The predicted molar refractivity (Wildman–Crippen MR) is 168 cm³/mol. The van der Waals surface area contributed by atoms with E-state index in [0.717, 1.165) is 29.9 Å². The highest BCUT2D eigenvalue weighted by Crippen LogP contribution is 2.45. The van der Waals surface area contributed by atoms with Crippen molar-refractivity contribution in [2.45, 2.75) is 24.8 Å². The van der Waals surface area contributed by atoms with Crippen molar-refractivity contribution in [2.24, 2.45) is 5.73 Å². The van der Waals surface area contributed by atoms with E-state index < -0.39 is 7.92 Å². The molecular weight excluding hydrogens is 509 g/mol. The lowest BCUT2D eigenvalue weighted by Crippen LogP contribution is -2.26. The van der Waals surface area contributed by atoms with Crippen LogP contribution in [0, 0.1) is 0 Å². The molecule has 1 aliphatic rings. The summed E-state index contributed by atoms with van der Waals surface area (Å²) in [6.07, 6.45) is 1.95. The monoisotopic (exact) mass is 543 g/mol. The average Bonchev–Trinajstić information content (AvgIpc) is 3.02. The normalized spacial score (nSPS) is 16.4. The molecule has 200 valence electrons. The molecule has 0 saturated carbocycles. The van der Waals surface area contributed by atoms with Gasteiger partial charge in [-0.3, -0.25) is 0 Å². The molecule has 6 rings (SSSR count). The second kappa shape index (κ2) is 11.7. The Balaban J connectivity index is 1.35. The lowest BCUT2D eigenvalue weighted by molar-refractivity contribution is 0.352. The minimum Gasteiger partial charge on any atom is -0.493 e. The van der Waals surface area contributed by atoms with Crippen LogP contribution in [0.4, 0.5) is 0 Å². The van der Waals surface area contributed by atoms with Gasteiger partial charge in [-0.05, 0) is 76.6 Å². The summed E-state index contributed by atoms with van der Waals surface area (Å²) < 4.78 is 11.1. The standard InChI is InChI=1S/C36H34NO2P/c1-38-34-23-26-19-22-32(36(37)33(26)24-35(34)39-2)31-16-10-9-15-30(31)25-17-20-29(21-18-25)40(27-11-5-3-6-12-27)28-13-7-4-8-14-28/h3-18,20-21,23-24,32,36H,19,22,37H2,1-2H3. The van der Waals surface area contributed by atoms with Gasteiger partial charge >= 0.3 is 0 Å². The van der Waals surface area contributed by atoms with E-state index in [0.29, 0.717) is 0 Å². The molecule has 5 aromatic carbocycles. The van der Waals surface area contributed by atoms with Crippen LogP contribution in [0.15, 0.2) is 121 Å². The van der Waals surface area contributed by atoms with Gasteiger partial charge in [-0.15, -0.1) is 0 Å². The average molecular weight is 544 g/mol. The fourth-order valence-corrected chi connectivity index (χ4v) is 8.28.